The Bertz CT molecular complexity index is 467. The molecule has 0 aliphatic carbocycles. The second kappa shape index (κ2) is 4.77. The lowest BCUT2D eigenvalue weighted by Gasteiger charge is -2.04. The van der Waals surface area contributed by atoms with Gasteiger partial charge in [0.15, 0.2) is 0 Å². The van der Waals surface area contributed by atoms with E-state index in [9.17, 15) is 5.11 Å². The van der Waals surface area contributed by atoms with E-state index < -0.39 is 0 Å². The van der Waals surface area contributed by atoms with E-state index in [2.05, 4.69) is 18.3 Å². The molecule has 0 aliphatic rings. The van der Waals surface area contributed by atoms with Crippen LogP contribution in [0.3, 0.4) is 0 Å². The fraction of sp³-hybridized carbons (Fsp3) is 0. The molecule has 0 saturated heterocycles. The molecule has 0 bridgehead atoms. The van der Waals surface area contributed by atoms with Crippen molar-refractivity contribution in [3.63, 3.8) is 0 Å². The number of benzene rings is 1. The Morgan fingerprint density at radius 2 is 2.27 bits per heavy atom. The average Bonchev–Trinajstić information content (AvgIpc) is 2.25. The highest BCUT2D eigenvalue weighted by Crippen LogP contribution is 2.25. The summed E-state index contributed by atoms with van der Waals surface area (Å²) in [6, 6.07) is 7.08. The van der Waals surface area contributed by atoms with Crippen LogP contribution in [0.5, 0.6) is 0 Å². The molecular formula is C12H10N2O. The molecule has 1 N–H and O–H groups in total. The average molecular weight is 198 g/mol. The summed E-state index contributed by atoms with van der Waals surface area (Å²) in [4.78, 5) is 3.75. The molecule has 0 amide bonds. The zero-order chi connectivity index (χ0) is 11.3. The van der Waals surface area contributed by atoms with Crippen molar-refractivity contribution in [1.82, 2.24) is 0 Å². The standard InChI is InChI=1S/C12H10N2O/c1-9(15)11-8-10(4-3-7-13)5-6-12(11)14-2/h3-6,8,15H,1-2H2/b4-3+. The van der Waals surface area contributed by atoms with Gasteiger partial charge in [-0.05, 0) is 30.5 Å². The van der Waals surface area contributed by atoms with Crippen molar-refractivity contribution in [2.24, 2.45) is 4.99 Å². The van der Waals surface area contributed by atoms with Gasteiger partial charge in [0.1, 0.15) is 5.76 Å². The molecule has 1 rings (SSSR count). The van der Waals surface area contributed by atoms with E-state index in [0.717, 1.165) is 5.56 Å². The van der Waals surface area contributed by atoms with Crippen LogP contribution in [0.2, 0.25) is 0 Å². The molecule has 0 spiro atoms. The highest BCUT2D eigenvalue weighted by atomic mass is 16.3. The Labute approximate surface area is 88.3 Å². The van der Waals surface area contributed by atoms with Crippen molar-refractivity contribution in [2.45, 2.75) is 0 Å². The molecule has 0 aliphatic heterocycles. The summed E-state index contributed by atoms with van der Waals surface area (Å²) in [6.07, 6.45) is 3.00. The first kappa shape index (κ1) is 10.7. The molecule has 15 heavy (non-hydrogen) atoms. The number of nitrogens with zero attached hydrogens (tertiary/aromatic N) is 2. The summed E-state index contributed by atoms with van der Waals surface area (Å²) >= 11 is 0. The molecule has 0 fully saturated rings. The van der Waals surface area contributed by atoms with Gasteiger partial charge in [0, 0.05) is 11.6 Å². The van der Waals surface area contributed by atoms with Crippen LogP contribution in [0.15, 0.2) is 35.8 Å². The summed E-state index contributed by atoms with van der Waals surface area (Å²) in [5.41, 5.74) is 1.89. The third-order valence-electron chi connectivity index (χ3n) is 1.85. The molecular weight excluding hydrogens is 188 g/mol. The predicted octanol–water partition coefficient (Wildman–Crippen LogP) is 3.08. The van der Waals surface area contributed by atoms with E-state index in [1.54, 1.807) is 24.3 Å². The second-order valence-electron chi connectivity index (χ2n) is 2.84. The van der Waals surface area contributed by atoms with Crippen LogP contribution < -0.4 is 0 Å². The molecule has 1 aromatic rings. The van der Waals surface area contributed by atoms with Crippen LogP contribution in [-0.4, -0.2) is 11.8 Å². The normalized spacial score (nSPS) is 9.80. The molecule has 0 saturated carbocycles. The zero-order valence-corrected chi connectivity index (χ0v) is 8.14. The van der Waals surface area contributed by atoms with E-state index in [4.69, 9.17) is 5.26 Å². The lowest BCUT2D eigenvalue weighted by atomic mass is 10.1. The fourth-order valence-corrected chi connectivity index (χ4v) is 1.16. The van der Waals surface area contributed by atoms with Crippen molar-refractivity contribution < 1.29 is 5.11 Å². The molecule has 0 radical (unpaired) electrons. The van der Waals surface area contributed by atoms with Gasteiger partial charge >= 0.3 is 0 Å². The summed E-state index contributed by atoms with van der Waals surface area (Å²) in [5.74, 6) is -0.0652. The smallest absolute Gasteiger partial charge is 0.117 e. The van der Waals surface area contributed by atoms with Crippen molar-refractivity contribution in [3.8, 4) is 6.07 Å². The quantitative estimate of drug-likeness (QED) is 0.461. The first-order valence-corrected chi connectivity index (χ1v) is 4.24. The van der Waals surface area contributed by atoms with E-state index in [-0.39, 0.29) is 5.76 Å². The molecule has 0 unspecified atom stereocenters. The topological polar surface area (TPSA) is 56.4 Å². The minimum atomic E-state index is -0.0652. The fourth-order valence-electron chi connectivity index (χ4n) is 1.16. The summed E-state index contributed by atoms with van der Waals surface area (Å²) < 4.78 is 0. The van der Waals surface area contributed by atoms with Crippen LogP contribution >= 0.6 is 0 Å². The van der Waals surface area contributed by atoms with E-state index >= 15 is 0 Å². The number of hydrogen-bond acceptors (Lipinski definition) is 3. The predicted molar refractivity (Wildman–Crippen MR) is 62.0 cm³/mol. The highest BCUT2D eigenvalue weighted by Gasteiger charge is 2.03. The first-order chi connectivity index (χ1) is 7.19. The molecule has 74 valence electrons. The van der Waals surface area contributed by atoms with Gasteiger partial charge in [0.2, 0.25) is 0 Å². The maximum absolute atomic E-state index is 9.31. The van der Waals surface area contributed by atoms with E-state index in [0.29, 0.717) is 11.3 Å². The van der Waals surface area contributed by atoms with Crippen molar-refractivity contribution in [1.29, 1.82) is 5.26 Å². The van der Waals surface area contributed by atoms with Crippen LogP contribution in [0.4, 0.5) is 5.69 Å². The number of nitriles is 1. The minimum Gasteiger partial charge on any atom is -0.508 e. The first-order valence-electron chi connectivity index (χ1n) is 4.24. The number of aliphatic hydroxyl groups excluding tert-OH is 1. The number of hydrogen-bond donors (Lipinski definition) is 1. The lowest BCUT2D eigenvalue weighted by Crippen LogP contribution is -1.84. The largest absolute Gasteiger partial charge is 0.508 e. The zero-order valence-electron chi connectivity index (χ0n) is 8.14. The van der Waals surface area contributed by atoms with Crippen molar-refractivity contribution in [2.75, 3.05) is 0 Å². The Balaban J connectivity index is 3.23. The van der Waals surface area contributed by atoms with Crippen LogP contribution in [0, 0.1) is 11.3 Å². The molecule has 0 aromatic heterocycles. The number of aliphatic imine (C=N–C) groups is 1. The molecule has 3 nitrogen and oxygen atoms in total. The number of aliphatic hydroxyl groups is 1. The number of allylic oxidation sites excluding steroid dienone is 1. The van der Waals surface area contributed by atoms with Crippen molar-refractivity contribution >= 4 is 24.2 Å². The van der Waals surface area contributed by atoms with E-state index in [1.165, 1.54) is 6.08 Å². The SMILES string of the molecule is C=Nc1ccc(/C=C/C#N)cc1C(=C)O. The Morgan fingerprint density at radius 1 is 1.53 bits per heavy atom. The van der Waals surface area contributed by atoms with Crippen LogP contribution in [0.25, 0.3) is 11.8 Å². The second-order valence-corrected chi connectivity index (χ2v) is 2.84. The number of rotatable bonds is 3. The van der Waals surface area contributed by atoms with E-state index in [1.807, 2.05) is 6.07 Å². The Hall–Kier alpha value is -2.34. The van der Waals surface area contributed by atoms with Crippen molar-refractivity contribution in [3.05, 3.63) is 42.0 Å². The molecule has 1 aromatic carbocycles. The van der Waals surface area contributed by atoms with Gasteiger partial charge in [0.05, 0.1) is 11.8 Å². The molecule has 0 heterocycles. The third kappa shape index (κ3) is 2.55. The van der Waals surface area contributed by atoms with Gasteiger partial charge in [-0.2, -0.15) is 5.26 Å². The lowest BCUT2D eigenvalue weighted by molar-refractivity contribution is 0.514. The summed E-state index contributed by atoms with van der Waals surface area (Å²) in [6.45, 7) is 6.83. The van der Waals surface area contributed by atoms with Crippen LogP contribution in [-0.2, 0) is 0 Å². The Kier molecular flexibility index (Phi) is 3.42. The van der Waals surface area contributed by atoms with Gasteiger partial charge in [-0.1, -0.05) is 12.6 Å². The summed E-state index contributed by atoms with van der Waals surface area (Å²) in [5, 5.41) is 17.7. The highest BCUT2D eigenvalue weighted by molar-refractivity contribution is 5.73. The maximum atomic E-state index is 9.31. The molecule has 0 atom stereocenters. The summed E-state index contributed by atoms with van der Waals surface area (Å²) in [7, 11) is 0. The Morgan fingerprint density at radius 3 is 2.80 bits per heavy atom. The van der Waals surface area contributed by atoms with Gasteiger partial charge in [-0.15, -0.1) is 0 Å². The third-order valence-corrected chi connectivity index (χ3v) is 1.85. The van der Waals surface area contributed by atoms with Gasteiger partial charge < -0.3 is 5.11 Å². The van der Waals surface area contributed by atoms with Gasteiger partial charge in [0.25, 0.3) is 0 Å². The maximum Gasteiger partial charge on any atom is 0.117 e. The monoisotopic (exact) mass is 198 g/mol. The van der Waals surface area contributed by atoms with Gasteiger partial charge in [-0.25, -0.2) is 0 Å². The van der Waals surface area contributed by atoms with Crippen LogP contribution in [0.1, 0.15) is 11.1 Å². The molecule has 3 heteroatoms. The van der Waals surface area contributed by atoms with Gasteiger partial charge in [-0.3, -0.25) is 4.99 Å². The minimum absolute atomic E-state index is 0.0652.